The molecule has 0 aliphatic heterocycles. The lowest BCUT2D eigenvalue weighted by Gasteiger charge is -1.87. The normalized spacial score (nSPS) is 10.8. The van der Waals surface area contributed by atoms with E-state index in [1.807, 2.05) is 18.2 Å². The minimum Gasteiger partial charge on any atom is -0.460 e. The maximum atomic E-state index is 5.80. The van der Waals surface area contributed by atoms with Gasteiger partial charge < -0.3 is 4.42 Å². The molecule has 12 heavy (non-hydrogen) atoms. The van der Waals surface area contributed by atoms with E-state index in [9.17, 15) is 0 Å². The van der Waals surface area contributed by atoms with Crippen molar-refractivity contribution >= 4 is 34.2 Å². The van der Waals surface area contributed by atoms with Gasteiger partial charge in [0.2, 0.25) is 0 Å². The Balaban J connectivity index is 2.67. The zero-order valence-electron chi connectivity index (χ0n) is 6.18. The third-order valence-corrected chi connectivity index (χ3v) is 2.16. The van der Waals surface area contributed by atoms with Crippen molar-refractivity contribution in [3.05, 3.63) is 35.0 Å². The molecule has 0 saturated heterocycles. The fourth-order valence-corrected chi connectivity index (χ4v) is 1.45. The maximum Gasteiger partial charge on any atom is 0.134 e. The molecule has 0 atom stereocenters. The number of alkyl halides is 1. The van der Waals surface area contributed by atoms with Gasteiger partial charge in [-0.15, -0.1) is 11.6 Å². The highest BCUT2D eigenvalue weighted by molar-refractivity contribution is 6.31. The second kappa shape index (κ2) is 3.00. The molecule has 0 radical (unpaired) electrons. The summed E-state index contributed by atoms with van der Waals surface area (Å²) in [6.07, 6.45) is 0. The van der Waals surface area contributed by atoms with Crippen molar-refractivity contribution in [2.45, 2.75) is 5.88 Å². The number of halogens is 2. The first kappa shape index (κ1) is 7.96. The molecule has 1 heterocycles. The Morgan fingerprint density at radius 3 is 2.83 bits per heavy atom. The SMILES string of the molecule is ClCc1cc2cc(Cl)ccc2o1. The molecule has 1 aromatic carbocycles. The van der Waals surface area contributed by atoms with E-state index in [1.165, 1.54) is 0 Å². The van der Waals surface area contributed by atoms with E-state index in [0.717, 1.165) is 16.7 Å². The van der Waals surface area contributed by atoms with Crippen molar-refractivity contribution in [2.24, 2.45) is 0 Å². The molecule has 1 aromatic heterocycles. The first-order valence-electron chi connectivity index (χ1n) is 3.53. The second-order valence-electron chi connectivity index (χ2n) is 2.53. The largest absolute Gasteiger partial charge is 0.460 e. The highest BCUT2D eigenvalue weighted by Gasteiger charge is 2.01. The van der Waals surface area contributed by atoms with Gasteiger partial charge in [0.15, 0.2) is 0 Å². The van der Waals surface area contributed by atoms with Gasteiger partial charge in [0.05, 0.1) is 5.88 Å². The molecule has 1 nitrogen and oxygen atoms in total. The van der Waals surface area contributed by atoms with Crippen LogP contribution in [-0.4, -0.2) is 0 Å². The van der Waals surface area contributed by atoms with Crippen LogP contribution in [-0.2, 0) is 5.88 Å². The quantitative estimate of drug-likeness (QED) is 0.639. The lowest BCUT2D eigenvalue weighted by Crippen LogP contribution is -1.63. The summed E-state index contributed by atoms with van der Waals surface area (Å²) in [6, 6.07) is 7.39. The van der Waals surface area contributed by atoms with Crippen LogP contribution in [0.2, 0.25) is 5.02 Å². The van der Waals surface area contributed by atoms with E-state index in [4.69, 9.17) is 27.6 Å². The van der Waals surface area contributed by atoms with Crippen molar-refractivity contribution in [1.29, 1.82) is 0 Å². The fourth-order valence-electron chi connectivity index (χ4n) is 1.14. The molecule has 0 saturated carbocycles. The van der Waals surface area contributed by atoms with Crippen LogP contribution >= 0.6 is 23.2 Å². The van der Waals surface area contributed by atoms with Crippen molar-refractivity contribution in [1.82, 2.24) is 0 Å². The number of furan rings is 1. The summed E-state index contributed by atoms with van der Waals surface area (Å²) in [5, 5.41) is 1.71. The molecule has 2 aromatic rings. The Kier molecular flexibility index (Phi) is 1.99. The molecule has 0 fully saturated rings. The summed E-state index contributed by atoms with van der Waals surface area (Å²) >= 11 is 11.4. The molecule has 0 unspecified atom stereocenters. The van der Waals surface area contributed by atoms with Crippen LogP contribution in [0.5, 0.6) is 0 Å². The summed E-state index contributed by atoms with van der Waals surface area (Å²) in [4.78, 5) is 0. The Morgan fingerprint density at radius 2 is 2.08 bits per heavy atom. The summed E-state index contributed by atoms with van der Waals surface area (Å²) in [5.41, 5.74) is 0.829. The standard InChI is InChI=1S/C9H6Cl2O/c10-5-8-4-6-3-7(11)1-2-9(6)12-8/h1-4H,5H2. The van der Waals surface area contributed by atoms with Gasteiger partial charge >= 0.3 is 0 Å². The van der Waals surface area contributed by atoms with Gasteiger partial charge in [-0.3, -0.25) is 0 Å². The highest BCUT2D eigenvalue weighted by Crippen LogP contribution is 2.23. The van der Waals surface area contributed by atoms with Gasteiger partial charge in [-0.25, -0.2) is 0 Å². The summed E-state index contributed by atoms with van der Waals surface area (Å²) in [6.45, 7) is 0. The summed E-state index contributed by atoms with van der Waals surface area (Å²) < 4.78 is 5.38. The molecule has 0 aliphatic rings. The Morgan fingerprint density at radius 1 is 1.25 bits per heavy atom. The zero-order valence-corrected chi connectivity index (χ0v) is 7.69. The third-order valence-electron chi connectivity index (χ3n) is 1.66. The van der Waals surface area contributed by atoms with E-state index < -0.39 is 0 Å². The van der Waals surface area contributed by atoms with Gasteiger partial charge in [0.25, 0.3) is 0 Å². The van der Waals surface area contributed by atoms with Gasteiger partial charge in [-0.1, -0.05) is 11.6 Å². The molecule has 62 valence electrons. The number of benzene rings is 1. The molecule has 0 amide bonds. The van der Waals surface area contributed by atoms with Crippen LogP contribution in [0.15, 0.2) is 28.7 Å². The lowest BCUT2D eigenvalue weighted by atomic mass is 10.2. The molecule has 0 aliphatic carbocycles. The van der Waals surface area contributed by atoms with Crippen LogP contribution in [0.1, 0.15) is 5.76 Å². The van der Waals surface area contributed by atoms with Gasteiger partial charge in [0, 0.05) is 10.4 Å². The van der Waals surface area contributed by atoms with Crippen LogP contribution in [0, 0.1) is 0 Å². The van der Waals surface area contributed by atoms with Crippen molar-refractivity contribution < 1.29 is 4.42 Å². The van der Waals surface area contributed by atoms with E-state index in [-0.39, 0.29) is 0 Å². The zero-order chi connectivity index (χ0) is 8.55. The number of fused-ring (bicyclic) bond motifs is 1. The molecular weight excluding hydrogens is 195 g/mol. The number of hydrogen-bond acceptors (Lipinski definition) is 1. The van der Waals surface area contributed by atoms with Crippen molar-refractivity contribution in [3.63, 3.8) is 0 Å². The summed E-state index contributed by atoms with van der Waals surface area (Å²) in [7, 11) is 0. The number of rotatable bonds is 1. The van der Waals surface area contributed by atoms with Gasteiger partial charge in [-0.2, -0.15) is 0 Å². The van der Waals surface area contributed by atoms with Gasteiger partial charge in [-0.05, 0) is 24.3 Å². The monoisotopic (exact) mass is 200 g/mol. The van der Waals surface area contributed by atoms with Crippen LogP contribution in [0.3, 0.4) is 0 Å². The highest BCUT2D eigenvalue weighted by atomic mass is 35.5. The average molecular weight is 201 g/mol. The van der Waals surface area contributed by atoms with E-state index >= 15 is 0 Å². The first-order chi connectivity index (χ1) is 5.79. The van der Waals surface area contributed by atoms with E-state index in [1.54, 1.807) is 6.07 Å². The average Bonchev–Trinajstić information content (AvgIpc) is 2.46. The van der Waals surface area contributed by atoms with Crippen molar-refractivity contribution in [2.75, 3.05) is 0 Å². The minimum atomic E-state index is 0.395. The fraction of sp³-hybridized carbons (Fsp3) is 0.111. The van der Waals surface area contributed by atoms with Crippen LogP contribution in [0.25, 0.3) is 11.0 Å². The predicted molar refractivity (Wildman–Crippen MR) is 50.8 cm³/mol. The van der Waals surface area contributed by atoms with Gasteiger partial charge in [0.1, 0.15) is 11.3 Å². The number of hydrogen-bond donors (Lipinski definition) is 0. The molecule has 0 spiro atoms. The smallest absolute Gasteiger partial charge is 0.134 e. The van der Waals surface area contributed by atoms with E-state index in [0.29, 0.717) is 10.9 Å². The lowest BCUT2D eigenvalue weighted by molar-refractivity contribution is 0.573. The van der Waals surface area contributed by atoms with Crippen LogP contribution in [0.4, 0.5) is 0 Å². The van der Waals surface area contributed by atoms with Crippen molar-refractivity contribution in [3.8, 4) is 0 Å². The third kappa shape index (κ3) is 1.30. The molecule has 2 rings (SSSR count). The molecule has 3 heteroatoms. The first-order valence-corrected chi connectivity index (χ1v) is 4.45. The molecular formula is C9H6Cl2O. The summed E-state index contributed by atoms with van der Waals surface area (Å²) in [5.74, 6) is 1.17. The Bertz CT molecular complexity index is 406. The topological polar surface area (TPSA) is 13.1 Å². The maximum absolute atomic E-state index is 5.80. The Hall–Kier alpha value is -0.660. The molecule has 0 bridgehead atoms. The van der Waals surface area contributed by atoms with E-state index in [2.05, 4.69) is 0 Å². The predicted octanol–water partition coefficient (Wildman–Crippen LogP) is 3.83. The Labute approximate surface area is 79.9 Å². The molecule has 0 N–H and O–H groups in total. The second-order valence-corrected chi connectivity index (χ2v) is 3.23. The van der Waals surface area contributed by atoms with Crippen LogP contribution < -0.4 is 0 Å². The minimum absolute atomic E-state index is 0.395.